The lowest BCUT2D eigenvalue weighted by atomic mass is 10.2. The first kappa shape index (κ1) is 14.1. The van der Waals surface area contributed by atoms with Gasteiger partial charge in [0.25, 0.3) is 0 Å². The van der Waals surface area contributed by atoms with E-state index in [2.05, 4.69) is 20.5 Å². The van der Waals surface area contributed by atoms with Crippen LogP contribution in [0.15, 0.2) is 35.5 Å². The molecule has 0 bridgehead atoms. The third-order valence-electron chi connectivity index (χ3n) is 3.11. The summed E-state index contributed by atoms with van der Waals surface area (Å²) in [5.41, 5.74) is 0.790. The van der Waals surface area contributed by atoms with E-state index < -0.39 is 0 Å². The van der Waals surface area contributed by atoms with E-state index in [1.54, 1.807) is 0 Å². The van der Waals surface area contributed by atoms with Gasteiger partial charge in [-0.15, -0.1) is 5.10 Å². The highest BCUT2D eigenvalue weighted by Gasteiger charge is 2.21. The molecule has 0 unspecified atom stereocenters. The molecule has 1 aromatic carbocycles. The summed E-state index contributed by atoms with van der Waals surface area (Å²) in [5.74, 6) is 0.950. The molecule has 21 heavy (non-hydrogen) atoms. The number of H-pyrrole nitrogens is 1. The molecule has 1 saturated heterocycles. The zero-order valence-electron chi connectivity index (χ0n) is 11.4. The van der Waals surface area contributed by atoms with Crippen molar-refractivity contribution in [1.82, 2.24) is 15.2 Å². The number of aromatic nitrogens is 3. The van der Waals surface area contributed by atoms with Crippen molar-refractivity contribution >= 4 is 23.4 Å². The topological polar surface area (TPSA) is 79.9 Å². The summed E-state index contributed by atoms with van der Waals surface area (Å²) in [7, 11) is 0. The van der Waals surface area contributed by atoms with Crippen molar-refractivity contribution in [2.75, 3.05) is 17.7 Å². The molecular formula is C14H16N4O2S. The van der Waals surface area contributed by atoms with Crippen molar-refractivity contribution in [2.45, 2.75) is 24.1 Å². The average Bonchev–Trinajstić information content (AvgIpc) is 3.17. The molecule has 1 amide bonds. The summed E-state index contributed by atoms with van der Waals surface area (Å²) in [6, 6.07) is 9.37. The predicted octanol–water partition coefficient (Wildman–Crippen LogP) is 2.39. The normalized spacial score (nSPS) is 17.8. The first-order valence-electron chi connectivity index (χ1n) is 6.83. The molecule has 2 heterocycles. The van der Waals surface area contributed by atoms with Gasteiger partial charge in [0.2, 0.25) is 11.1 Å². The van der Waals surface area contributed by atoms with Crippen LogP contribution in [0.1, 0.15) is 24.8 Å². The predicted molar refractivity (Wildman–Crippen MR) is 80.1 cm³/mol. The molecule has 2 aromatic rings. The van der Waals surface area contributed by atoms with Crippen LogP contribution < -0.4 is 5.32 Å². The maximum Gasteiger partial charge on any atom is 0.234 e. The number of para-hydroxylation sites is 1. The second-order valence-corrected chi connectivity index (χ2v) is 5.65. The van der Waals surface area contributed by atoms with Crippen LogP contribution >= 0.6 is 11.8 Å². The van der Waals surface area contributed by atoms with Crippen LogP contribution in [0, 0.1) is 0 Å². The molecule has 0 saturated carbocycles. The lowest BCUT2D eigenvalue weighted by Crippen LogP contribution is -2.13. The van der Waals surface area contributed by atoms with Gasteiger partial charge >= 0.3 is 0 Å². The number of ether oxygens (including phenoxy) is 1. The summed E-state index contributed by atoms with van der Waals surface area (Å²) < 4.78 is 5.53. The average molecular weight is 304 g/mol. The quantitative estimate of drug-likeness (QED) is 0.829. The van der Waals surface area contributed by atoms with Crippen molar-refractivity contribution in [2.24, 2.45) is 0 Å². The van der Waals surface area contributed by atoms with Crippen LogP contribution in [0.2, 0.25) is 0 Å². The lowest BCUT2D eigenvalue weighted by Gasteiger charge is -2.03. The van der Waals surface area contributed by atoms with Gasteiger partial charge in [-0.1, -0.05) is 30.0 Å². The standard InChI is InChI=1S/C14H16N4O2S/c19-12(15-10-5-2-1-3-6-10)9-21-14-16-13(17-18-14)11-7-4-8-20-11/h1-3,5-6,11H,4,7-9H2,(H,15,19)(H,16,17,18)/t11-/m0/s1. The first-order valence-corrected chi connectivity index (χ1v) is 7.81. The van der Waals surface area contributed by atoms with Gasteiger partial charge in [-0.05, 0) is 25.0 Å². The van der Waals surface area contributed by atoms with Gasteiger partial charge in [0.1, 0.15) is 6.10 Å². The highest BCUT2D eigenvalue weighted by Crippen LogP contribution is 2.26. The van der Waals surface area contributed by atoms with Gasteiger partial charge in [0, 0.05) is 12.3 Å². The molecule has 110 valence electrons. The second kappa shape index (κ2) is 6.73. The molecular weight excluding hydrogens is 288 g/mol. The molecule has 1 aromatic heterocycles. The van der Waals surface area contributed by atoms with Crippen LogP contribution in [0.5, 0.6) is 0 Å². The van der Waals surface area contributed by atoms with Gasteiger partial charge < -0.3 is 10.1 Å². The smallest absolute Gasteiger partial charge is 0.234 e. The number of anilines is 1. The molecule has 6 nitrogen and oxygen atoms in total. The number of hydrogen-bond acceptors (Lipinski definition) is 5. The molecule has 1 fully saturated rings. The highest BCUT2D eigenvalue weighted by atomic mass is 32.2. The number of hydrogen-bond donors (Lipinski definition) is 2. The lowest BCUT2D eigenvalue weighted by molar-refractivity contribution is -0.113. The Kier molecular flexibility index (Phi) is 4.52. The number of carbonyl (C=O) groups is 1. The number of aromatic amines is 1. The summed E-state index contributed by atoms with van der Waals surface area (Å²) in [5, 5.41) is 10.4. The highest BCUT2D eigenvalue weighted by molar-refractivity contribution is 7.99. The van der Waals surface area contributed by atoms with E-state index >= 15 is 0 Å². The molecule has 0 radical (unpaired) electrons. The van der Waals surface area contributed by atoms with E-state index in [1.807, 2.05) is 30.3 Å². The minimum absolute atomic E-state index is 0.0185. The van der Waals surface area contributed by atoms with E-state index in [4.69, 9.17) is 4.74 Å². The van der Waals surface area contributed by atoms with Crippen LogP contribution in [-0.2, 0) is 9.53 Å². The van der Waals surface area contributed by atoms with Crippen molar-refractivity contribution < 1.29 is 9.53 Å². The van der Waals surface area contributed by atoms with E-state index in [9.17, 15) is 4.79 Å². The van der Waals surface area contributed by atoms with E-state index in [0.29, 0.717) is 5.16 Å². The maximum absolute atomic E-state index is 11.8. The first-order chi connectivity index (χ1) is 10.3. The van der Waals surface area contributed by atoms with Gasteiger partial charge in [-0.3, -0.25) is 9.89 Å². The molecule has 3 rings (SSSR count). The van der Waals surface area contributed by atoms with Gasteiger partial charge in [0.15, 0.2) is 5.82 Å². The van der Waals surface area contributed by atoms with E-state index in [0.717, 1.165) is 31.0 Å². The Morgan fingerprint density at radius 2 is 2.29 bits per heavy atom. The van der Waals surface area contributed by atoms with Crippen molar-refractivity contribution in [3.63, 3.8) is 0 Å². The Morgan fingerprint density at radius 3 is 3.05 bits per heavy atom. The van der Waals surface area contributed by atoms with Crippen molar-refractivity contribution in [3.8, 4) is 0 Å². The van der Waals surface area contributed by atoms with Gasteiger partial charge in [-0.2, -0.15) is 0 Å². The van der Waals surface area contributed by atoms with E-state index in [1.165, 1.54) is 11.8 Å². The Balaban J connectivity index is 1.49. The van der Waals surface area contributed by atoms with Crippen LogP contribution in [0.25, 0.3) is 0 Å². The molecule has 7 heteroatoms. The number of rotatable bonds is 5. The minimum atomic E-state index is -0.0744. The summed E-state index contributed by atoms with van der Waals surface area (Å²) in [6.45, 7) is 0.771. The largest absolute Gasteiger partial charge is 0.370 e. The number of benzene rings is 1. The van der Waals surface area contributed by atoms with Crippen molar-refractivity contribution in [1.29, 1.82) is 0 Å². The third-order valence-corrected chi connectivity index (χ3v) is 3.95. The second-order valence-electron chi connectivity index (χ2n) is 4.71. The van der Waals surface area contributed by atoms with Crippen LogP contribution in [-0.4, -0.2) is 33.4 Å². The Hall–Kier alpha value is -1.86. The van der Waals surface area contributed by atoms with Gasteiger partial charge in [-0.25, -0.2) is 4.98 Å². The zero-order chi connectivity index (χ0) is 14.5. The Morgan fingerprint density at radius 1 is 1.43 bits per heavy atom. The zero-order valence-corrected chi connectivity index (χ0v) is 12.2. The number of nitrogens with one attached hydrogen (secondary N) is 2. The number of carbonyl (C=O) groups excluding carboxylic acids is 1. The Bertz CT molecular complexity index is 596. The molecule has 0 aliphatic carbocycles. The summed E-state index contributed by atoms with van der Waals surface area (Å²) >= 11 is 1.31. The number of thioether (sulfide) groups is 1. The van der Waals surface area contributed by atoms with Crippen molar-refractivity contribution in [3.05, 3.63) is 36.2 Å². The monoisotopic (exact) mass is 304 g/mol. The maximum atomic E-state index is 11.8. The van der Waals surface area contributed by atoms with Crippen LogP contribution in [0.3, 0.4) is 0 Å². The SMILES string of the molecule is O=C(CSc1n[nH]c([C@@H]2CCCO2)n1)Nc1ccccc1. The summed E-state index contributed by atoms with van der Waals surface area (Å²) in [4.78, 5) is 16.2. The van der Waals surface area contributed by atoms with Gasteiger partial charge in [0.05, 0.1) is 5.75 Å². The summed E-state index contributed by atoms with van der Waals surface area (Å²) in [6.07, 6.45) is 2.03. The fraction of sp³-hybridized carbons (Fsp3) is 0.357. The van der Waals surface area contributed by atoms with Crippen LogP contribution in [0.4, 0.5) is 5.69 Å². The van der Waals surface area contributed by atoms with E-state index in [-0.39, 0.29) is 17.8 Å². The Labute approximate surface area is 126 Å². The minimum Gasteiger partial charge on any atom is -0.370 e. The third kappa shape index (κ3) is 3.83. The fourth-order valence-corrected chi connectivity index (χ4v) is 2.71. The molecule has 0 spiro atoms. The molecule has 1 aliphatic rings. The number of nitrogens with zero attached hydrogens (tertiary/aromatic N) is 2. The molecule has 2 N–H and O–H groups in total. The fourth-order valence-electron chi connectivity index (χ4n) is 2.11. The molecule has 1 aliphatic heterocycles. The number of amides is 1. The molecule has 1 atom stereocenters.